The van der Waals surface area contributed by atoms with Gasteiger partial charge in [0.25, 0.3) is 0 Å². The second-order valence-corrected chi connectivity index (χ2v) is 5.55. The van der Waals surface area contributed by atoms with Crippen LogP contribution < -0.4 is 10.5 Å². The van der Waals surface area contributed by atoms with Gasteiger partial charge < -0.3 is 15.2 Å². The van der Waals surface area contributed by atoms with Crippen molar-refractivity contribution in [2.45, 2.75) is 37.1 Å². The lowest BCUT2D eigenvalue weighted by Gasteiger charge is -2.38. The summed E-state index contributed by atoms with van der Waals surface area (Å²) in [6, 6.07) is 8.37. The molecule has 3 heteroatoms. The number of ether oxygens (including phenoxy) is 2. The summed E-state index contributed by atoms with van der Waals surface area (Å²) in [6.07, 6.45) is 4.09. The first-order chi connectivity index (χ1) is 8.77. The predicted octanol–water partition coefficient (Wildman–Crippen LogP) is 2.45. The lowest BCUT2D eigenvalue weighted by molar-refractivity contribution is 0.0459. The molecule has 0 amide bonds. The molecule has 1 aromatic rings. The highest BCUT2D eigenvalue weighted by atomic mass is 16.5. The van der Waals surface area contributed by atoms with Crippen molar-refractivity contribution in [1.29, 1.82) is 0 Å². The van der Waals surface area contributed by atoms with Crippen LogP contribution in [0.3, 0.4) is 0 Å². The molecule has 1 atom stereocenters. The molecule has 18 heavy (non-hydrogen) atoms. The van der Waals surface area contributed by atoms with Crippen LogP contribution in [0.1, 0.15) is 37.2 Å². The summed E-state index contributed by atoms with van der Waals surface area (Å²) in [4.78, 5) is 0. The Morgan fingerprint density at radius 3 is 2.78 bits per heavy atom. The molecule has 1 aromatic carbocycles. The van der Waals surface area contributed by atoms with Crippen LogP contribution >= 0.6 is 0 Å². The maximum absolute atomic E-state index is 6.53. The third-order valence-corrected chi connectivity index (χ3v) is 4.22. The van der Waals surface area contributed by atoms with E-state index in [2.05, 4.69) is 18.2 Å². The lowest BCUT2D eigenvalue weighted by atomic mass is 9.77. The summed E-state index contributed by atoms with van der Waals surface area (Å²) in [5.74, 6) is 1.59. The molecule has 0 aliphatic carbocycles. The zero-order valence-electron chi connectivity index (χ0n) is 10.7. The summed E-state index contributed by atoms with van der Waals surface area (Å²) >= 11 is 0. The molecule has 0 spiro atoms. The molecule has 0 aromatic heterocycles. The summed E-state index contributed by atoms with van der Waals surface area (Å²) in [5, 5.41) is 0. The van der Waals surface area contributed by atoms with Gasteiger partial charge in [-0.25, -0.2) is 0 Å². The van der Waals surface area contributed by atoms with Crippen molar-refractivity contribution in [1.82, 2.24) is 0 Å². The minimum absolute atomic E-state index is 0.0482. The molecule has 0 bridgehead atoms. The zero-order chi connectivity index (χ0) is 12.4. The molecular formula is C15H21NO2. The van der Waals surface area contributed by atoms with Gasteiger partial charge in [0.05, 0.1) is 6.61 Å². The van der Waals surface area contributed by atoms with Gasteiger partial charge in [-0.2, -0.15) is 0 Å². The van der Waals surface area contributed by atoms with E-state index in [1.54, 1.807) is 0 Å². The molecule has 1 unspecified atom stereocenters. The fourth-order valence-electron chi connectivity index (χ4n) is 3.10. The van der Waals surface area contributed by atoms with E-state index in [-0.39, 0.29) is 5.54 Å². The quantitative estimate of drug-likeness (QED) is 0.873. The molecule has 3 rings (SSSR count). The van der Waals surface area contributed by atoms with Gasteiger partial charge in [-0.1, -0.05) is 18.2 Å². The first-order valence-electron chi connectivity index (χ1n) is 6.85. The topological polar surface area (TPSA) is 44.5 Å². The van der Waals surface area contributed by atoms with E-state index in [1.807, 2.05) is 6.07 Å². The molecular weight excluding hydrogens is 226 g/mol. The molecule has 2 heterocycles. The number of benzene rings is 1. The maximum atomic E-state index is 6.53. The summed E-state index contributed by atoms with van der Waals surface area (Å²) in [5.41, 5.74) is 7.81. The van der Waals surface area contributed by atoms with Crippen molar-refractivity contribution in [3.05, 3.63) is 29.8 Å². The molecule has 2 aliphatic heterocycles. The van der Waals surface area contributed by atoms with E-state index in [4.69, 9.17) is 15.2 Å². The molecule has 3 nitrogen and oxygen atoms in total. The molecule has 98 valence electrons. The van der Waals surface area contributed by atoms with E-state index in [0.29, 0.717) is 5.92 Å². The van der Waals surface area contributed by atoms with Crippen molar-refractivity contribution in [2.75, 3.05) is 19.8 Å². The summed E-state index contributed by atoms with van der Waals surface area (Å²) in [6.45, 7) is 2.43. The summed E-state index contributed by atoms with van der Waals surface area (Å²) < 4.78 is 11.1. The smallest absolute Gasteiger partial charge is 0.122 e. The predicted molar refractivity (Wildman–Crippen MR) is 70.9 cm³/mol. The van der Waals surface area contributed by atoms with Crippen LogP contribution in [0.15, 0.2) is 24.3 Å². The standard InChI is InChI=1S/C15H21NO2/c16-15(6-9-17-10-7-15)11-12-5-8-18-14-4-2-1-3-13(12)14/h1-4,12H,5-11,16H2. The van der Waals surface area contributed by atoms with Crippen molar-refractivity contribution >= 4 is 0 Å². The highest BCUT2D eigenvalue weighted by molar-refractivity contribution is 5.38. The van der Waals surface area contributed by atoms with Gasteiger partial charge in [0, 0.05) is 18.8 Å². The van der Waals surface area contributed by atoms with Gasteiger partial charge in [-0.3, -0.25) is 0 Å². The maximum Gasteiger partial charge on any atom is 0.122 e. The van der Waals surface area contributed by atoms with E-state index >= 15 is 0 Å². The average Bonchev–Trinajstić information content (AvgIpc) is 2.40. The van der Waals surface area contributed by atoms with Gasteiger partial charge >= 0.3 is 0 Å². The Hall–Kier alpha value is -1.06. The first-order valence-corrected chi connectivity index (χ1v) is 6.85. The van der Waals surface area contributed by atoms with Gasteiger partial charge in [0.15, 0.2) is 0 Å². The van der Waals surface area contributed by atoms with E-state index in [1.165, 1.54) is 5.56 Å². The summed E-state index contributed by atoms with van der Waals surface area (Å²) in [7, 11) is 0. The monoisotopic (exact) mass is 247 g/mol. The molecule has 2 N–H and O–H groups in total. The van der Waals surface area contributed by atoms with E-state index < -0.39 is 0 Å². The Kier molecular flexibility index (Phi) is 3.27. The third kappa shape index (κ3) is 2.38. The van der Waals surface area contributed by atoms with Gasteiger partial charge in [-0.15, -0.1) is 0 Å². The van der Waals surface area contributed by atoms with Crippen LogP contribution in [0, 0.1) is 0 Å². The molecule has 1 saturated heterocycles. The fourth-order valence-corrected chi connectivity index (χ4v) is 3.10. The van der Waals surface area contributed by atoms with Crippen molar-refractivity contribution in [3.63, 3.8) is 0 Å². The molecule has 0 saturated carbocycles. The van der Waals surface area contributed by atoms with Crippen molar-refractivity contribution in [2.24, 2.45) is 5.73 Å². The van der Waals surface area contributed by atoms with Gasteiger partial charge in [0.2, 0.25) is 0 Å². The Morgan fingerprint density at radius 2 is 1.94 bits per heavy atom. The SMILES string of the molecule is NC1(CC2CCOc3ccccc32)CCOCC1. The van der Waals surface area contributed by atoms with E-state index in [0.717, 1.165) is 51.3 Å². The Balaban J connectivity index is 1.77. The Bertz CT molecular complexity index is 413. The minimum Gasteiger partial charge on any atom is -0.493 e. The van der Waals surface area contributed by atoms with Gasteiger partial charge in [-0.05, 0) is 43.2 Å². The number of fused-ring (bicyclic) bond motifs is 1. The second-order valence-electron chi connectivity index (χ2n) is 5.55. The fraction of sp³-hybridized carbons (Fsp3) is 0.600. The van der Waals surface area contributed by atoms with Crippen LogP contribution in [-0.2, 0) is 4.74 Å². The number of nitrogens with two attached hydrogens (primary N) is 1. The van der Waals surface area contributed by atoms with Crippen LogP contribution in [0.5, 0.6) is 5.75 Å². The van der Waals surface area contributed by atoms with Crippen LogP contribution in [0.2, 0.25) is 0 Å². The zero-order valence-corrected chi connectivity index (χ0v) is 10.7. The van der Waals surface area contributed by atoms with E-state index in [9.17, 15) is 0 Å². The van der Waals surface area contributed by atoms with Crippen molar-refractivity contribution in [3.8, 4) is 5.75 Å². The Morgan fingerprint density at radius 1 is 1.17 bits per heavy atom. The normalized spacial score (nSPS) is 26.2. The van der Waals surface area contributed by atoms with Gasteiger partial charge in [0.1, 0.15) is 5.75 Å². The number of hydrogen-bond donors (Lipinski definition) is 1. The Labute approximate surface area is 108 Å². The first kappa shape index (κ1) is 12.0. The number of hydrogen-bond acceptors (Lipinski definition) is 3. The third-order valence-electron chi connectivity index (χ3n) is 4.22. The van der Waals surface area contributed by atoms with Crippen LogP contribution in [-0.4, -0.2) is 25.4 Å². The number of rotatable bonds is 2. The lowest BCUT2D eigenvalue weighted by Crippen LogP contribution is -2.46. The van der Waals surface area contributed by atoms with Crippen molar-refractivity contribution < 1.29 is 9.47 Å². The highest BCUT2D eigenvalue weighted by Crippen LogP contribution is 2.39. The van der Waals surface area contributed by atoms with Crippen LogP contribution in [0.25, 0.3) is 0 Å². The molecule has 2 aliphatic rings. The largest absolute Gasteiger partial charge is 0.493 e. The second kappa shape index (κ2) is 4.90. The highest BCUT2D eigenvalue weighted by Gasteiger charge is 2.33. The van der Waals surface area contributed by atoms with Crippen LogP contribution in [0.4, 0.5) is 0 Å². The molecule has 0 radical (unpaired) electrons. The minimum atomic E-state index is -0.0482. The number of para-hydroxylation sites is 1. The average molecular weight is 247 g/mol. The molecule has 1 fully saturated rings.